The van der Waals surface area contributed by atoms with Gasteiger partial charge in [-0.2, -0.15) is 0 Å². The molecule has 1 aromatic rings. The summed E-state index contributed by atoms with van der Waals surface area (Å²) in [5.41, 5.74) is 1.27. The summed E-state index contributed by atoms with van der Waals surface area (Å²) in [6, 6.07) is 0.941. The van der Waals surface area contributed by atoms with Crippen LogP contribution < -0.4 is 5.32 Å². The van der Waals surface area contributed by atoms with E-state index in [1.165, 1.54) is 10.6 Å². The molecule has 1 fully saturated rings. The van der Waals surface area contributed by atoms with Gasteiger partial charge in [0.2, 0.25) is 0 Å². The molecule has 2 rings (SSSR count). The summed E-state index contributed by atoms with van der Waals surface area (Å²) in [6.07, 6.45) is 4.45. The van der Waals surface area contributed by atoms with Gasteiger partial charge in [0.1, 0.15) is 0 Å². The first-order valence-corrected chi connectivity index (χ1v) is 8.65. The molecule has 2 unspecified atom stereocenters. The van der Waals surface area contributed by atoms with E-state index < -0.39 is 0 Å². The zero-order chi connectivity index (χ0) is 14.8. The Hall–Kier alpha value is -0.450. The van der Waals surface area contributed by atoms with Crippen LogP contribution in [0.15, 0.2) is 0 Å². The zero-order valence-electron chi connectivity index (χ0n) is 13.5. The van der Waals surface area contributed by atoms with E-state index in [1.54, 1.807) is 0 Å². The van der Waals surface area contributed by atoms with Crippen LogP contribution in [0, 0.1) is 13.8 Å². The smallest absolute Gasteiger partial charge is 0.0900 e. The number of nitrogens with zero attached hydrogens (tertiary/aromatic N) is 1. The average Bonchev–Trinajstić information content (AvgIpc) is 2.78. The minimum atomic E-state index is 0.0916. The van der Waals surface area contributed by atoms with Gasteiger partial charge in [0.05, 0.1) is 16.3 Å². The predicted octanol–water partition coefficient (Wildman–Crippen LogP) is 4.15. The first kappa shape index (κ1) is 15.9. The van der Waals surface area contributed by atoms with Gasteiger partial charge in [0.15, 0.2) is 0 Å². The van der Waals surface area contributed by atoms with Gasteiger partial charge in [-0.05, 0) is 46.5 Å². The molecular weight excluding hydrogens is 268 g/mol. The molecule has 4 heteroatoms. The lowest BCUT2D eigenvalue weighted by molar-refractivity contribution is -0.0939. The topological polar surface area (TPSA) is 34.2 Å². The molecule has 2 heterocycles. The first-order valence-electron chi connectivity index (χ1n) is 7.83. The fourth-order valence-electron chi connectivity index (χ4n) is 3.29. The highest BCUT2D eigenvalue weighted by atomic mass is 32.1. The molecule has 0 saturated carbocycles. The number of aromatic nitrogens is 1. The van der Waals surface area contributed by atoms with Crippen molar-refractivity contribution in [1.82, 2.24) is 10.3 Å². The van der Waals surface area contributed by atoms with Crippen molar-refractivity contribution in [2.24, 2.45) is 0 Å². The van der Waals surface area contributed by atoms with Gasteiger partial charge in [-0.1, -0.05) is 13.8 Å². The zero-order valence-corrected chi connectivity index (χ0v) is 14.3. The molecule has 0 aromatic carbocycles. The molecule has 20 heavy (non-hydrogen) atoms. The third kappa shape index (κ3) is 3.41. The van der Waals surface area contributed by atoms with Crippen molar-refractivity contribution in [3.63, 3.8) is 0 Å². The third-order valence-corrected chi connectivity index (χ3v) is 5.86. The van der Waals surface area contributed by atoms with Crippen LogP contribution in [0.4, 0.5) is 0 Å². The summed E-state index contributed by atoms with van der Waals surface area (Å²) in [5.74, 6) is 0. The van der Waals surface area contributed by atoms with E-state index in [9.17, 15) is 0 Å². The quantitative estimate of drug-likeness (QED) is 0.886. The second-order valence-electron chi connectivity index (χ2n) is 6.00. The molecule has 1 aliphatic heterocycles. The standard InChI is InChI=1S/C16H28N2OS/c1-6-16(7-2)10-14(8-9-19-16)18-12(4)15-11(3)17-13(5)20-15/h12,14,18H,6-10H2,1-5H3. The van der Waals surface area contributed by atoms with Crippen molar-refractivity contribution in [3.8, 4) is 0 Å². The van der Waals surface area contributed by atoms with Gasteiger partial charge in [-0.25, -0.2) is 4.98 Å². The number of ether oxygens (including phenoxy) is 1. The van der Waals surface area contributed by atoms with Crippen molar-refractivity contribution in [1.29, 1.82) is 0 Å². The molecule has 1 saturated heterocycles. The molecule has 3 nitrogen and oxygen atoms in total. The van der Waals surface area contributed by atoms with Crippen LogP contribution >= 0.6 is 11.3 Å². The summed E-state index contributed by atoms with van der Waals surface area (Å²) in [7, 11) is 0. The summed E-state index contributed by atoms with van der Waals surface area (Å²) in [4.78, 5) is 5.92. The highest BCUT2D eigenvalue weighted by molar-refractivity contribution is 7.11. The highest BCUT2D eigenvalue weighted by Crippen LogP contribution is 2.33. The number of nitrogens with one attached hydrogen (secondary N) is 1. The third-order valence-electron chi connectivity index (χ3n) is 4.60. The Kier molecular flexibility index (Phi) is 5.21. The molecule has 1 N–H and O–H groups in total. The van der Waals surface area contributed by atoms with Crippen LogP contribution in [-0.4, -0.2) is 23.2 Å². The Morgan fingerprint density at radius 2 is 2.10 bits per heavy atom. The lowest BCUT2D eigenvalue weighted by atomic mass is 9.85. The number of aryl methyl sites for hydroxylation is 2. The van der Waals surface area contributed by atoms with Gasteiger partial charge < -0.3 is 10.1 Å². The van der Waals surface area contributed by atoms with Gasteiger partial charge in [0, 0.05) is 23.6 Å². The Bertz CT molecular complexity index is 440. The lowest BCUT2D eigenvalue weighted by Gasteiger charge is -2.41. The molecule has 0 amide bonds. The second kappa shape index (κ2) is 6.54. The van der Waals surface area contributed by atoms with E-state index in [-0.39, 0.29) is 5.60 Å². The molecule has 2 atom stereocenters. The van der Waals surface area contributed by atoms with E-state index in [0.717, 1.165) is 37.3 Å². The van der Waals surface area contributed by atoms with Gasteiger partial charge in [-0.15, -0.1) is 11.3 Å². The summed E-state index contributed by atoms with van der Waals surface area (Å²) in [5, 5.41) is 4.96. The van der Waals surface area contributed by atoms with Gasteiger partial charge in [-0.3, -0.25) is 0 Å². The summed E-state index contributed by atoms with van der Waals surface area (Å²) in [6.45, 7) is 11.8. The maximum absolute atomic E-state index is 6.06. The Labute approximate surface area is 127 Å². The highest BCUT2D eigenvalue weighted by Gasteiger charge is 2.35. The van der Waals surface area contributed by atoms with Gasteiger partial charge >= 0.3 is 0 Å². The number of rotatable bonds is 5. The maximum atomic E-state index is 6.06. The molecule has 1 aromatic heterocycles. The predicted molar refractivity (Wildman–Crippen MR) is 85.4 cm³/mol. The Morgan fingerprint density at radius 3 is 2.65 bits per heavy atom. The van der Waals surface area contributed by atoms with E-state index in [1.807, 2.05) is 11.3 Å². The Morgan fingerprint density at radius 1 is 1.40 bits per heavy atom. The molecule has 114 valence electrons. The number of thiazole rings is 1. The van der Waals surface area contributed by atoms with E-state index >= 15 is 0 Å². The van der Waals surface area contributed by atoms with E-state index in [4.69, 9.17) is 4.74 Å². The van der Waals surface area contributed by atoms with Crippen molar-refractivity contribution >= 4 is 11.3 Å². The normalized spacial score (nSPS) is 23.8. The molecule has 0 spiro atoms. The van der Waals surface area contributed by atoms with Crippen LogP contribution in [0.3, 0.4) is 0 Å². The van der Waals surface area contributed by atoms with Crippen molar-refractivity contribution in [2.45, 2.75) is 78.0 Å². The van der Waals surface area contributed by atoms with Crippen LogP contribution in [0.5, 0.6) is 0 Å². The molecule has 1 aliphatic rings. The molecule has 0 aliphatic carbocycles. The Balaban J connectivity index is 2.01. The lowest BCUT2D eigenvalue weighted by Crippen LogP contribution is -2.47. The fourth-order valence-corrected chi connectivity index (χ4v) is 4.23. The molecule has 0 bridgehead atoms. The van der Waals surface area contributed by atoms with Crippen LogP contribution in [0.1, 0.15) is 68.1 Å². The van der Waals surface area contributed by atoms with Crippen LogP contribution in [-0.2, 0) is 4.74 Å². The van der Waals surface area contributed by atoms with Crippen molar-refractivity contribution in [3.05, 3.63) is 15.6 Å². The fraction of sp³-hybridized carbons (Fsp3) is 0.812. The maximum Gasteiger partial charge on any atom is 0.0900 e. The molecular formula is C16H28N2OS. The first-order chi connectivity index (χ1) is 9.49. The second-order valence-corrected chi connectivity index (χ2v) is 7.23. The molecule has 0 radical (unpaired) electrons. The summed E-state index contributed by atoms with van der Waals surface area (Å²) >= 11 is 1.82. The number of hydrogen-bond acceptors (Lipinski definition) is 4. The monoisotopic (exact) mass is 296 g/mol. The minimum absolute atomic E-state index is 0.0916. The van der Waals surface area contributed by atoms with Crippen molar-refractivity contribution in [2.75, 3.05) is 6.61 Å². The van der Waals surface area contributed by atoms with Crippen LogP contribution in [0.2, 0.25) is 0 Å². The summed E-state index contributed by atoms with van der Waals surface area (Å²) < 4.78 is 6.06. The number of hydrogen-bond donors (Lipinski definition) is 1. The largest absolute Gasteiger partial charge is 0.375 e. The average molecular weight is 296 g/mol. The SMILES string of the molecule is CCC1(CC)CC(NC(C)c2sc(C)nc2C)CCO1. The van der Waals surface area contributed by atoms with Crippen molar-refractivity contribution < 1.29 is 4.74 Å². The van der Waals surface area contributed by atoms with Crippen LogP contribution in [0.25, 0.3) is 0 Å². The minimum Gasteiger partial charge on any atom is -0.375 e. The van der Waals surface area contributed by atoms with Gasteiger partial charge in [0.25, 0.3) is 0 Å². The van der Waals surface area contributed by atoms with E-state index in [0.29, 0.717) is 12.1 Å². The van der Waals surface area contributed by atoms with E-state index in [2.05, 4.69) is 44.9 Å².